The molecule has 5 heteroatoms. The molecule has 2 fully saturated rings. The van der Waals surface area contributed by atoms with E-state index in [1.807, 2.05) is 0 Å². The zero-order valence-electron chi connectivity index (χ0n) is 9.66. The van der Waals surface area contributed by atoms with Gasteiger partial charge in [0.05, 0.1) is 22.7 Å². The highest BCUT2D eigenvalue weighted by Gasteiger charge is 2.41. The van der Waals surface area contributed by atoms with Gasteiger partial charge in [0.15, 0.2) is 0 Å². The number of benzene rings is 1. The topological polar surface area (TPSA) is 38.3 Å². The fourth-order valence-corrected chi connectivity index (χ4v) is 2.93. The van der Waals surface area contributed by atoms with Gasteiger partial charge in [-0.05, 0) is 53.4 Å². The van der Waals surface area contributed by atoms with Gasteiger partial charge in [-0.25, -0.2) is 4.39 Å². The third-order valence-corrected chi connectivity index (χ3v) is 4.25. The van der Waals surface area contributed by atoms with Crippen LogP contribution < -0.4 is 5.32 Å². The molecule has 2 aliphatic rings. The molecule has 2 bridgehead atoms. The molecule has 2 heterocycles. The number of nitrogens with one attached hydrogen (secondary N) is 1. The molecule has 1 amide bonds. The molecule has 0 radical (unpaired) electrons. The predicted molar refractivity (Wildman–Crippen MR) is 67.9 cm³/mol. The quantitative estimate of drug-likeness (QED) is 0.911. The van der Waals surface area contributed by atoms with Crippen LogP contribution in [0.4, 0.5) is 4.39 Å². The van der Waals surface area contributed by atoms with Crippen LogP contribution in [0.2, 0.25) is 0 Å². The van der Waals surface area contributed by atoms with E-state index in [0.717, 1.165) is 19.3 Å². The van der Waals surface area contributed by atoms with E-state index in [-0.39, 0.29) is 18.1 Å². The van der Waals surface area contributed by atoms with E-state index in [0.29, 0.717) is 16.1 Å². The van der Waals surface area contributed by atoms with E-state index in [4.69, 9.17) is 4.74 Å². The summed E-state index contributed by atoms with van der Waals surface area (Å²) in [5, 5.41) is 2.93. The van der Waals surface area contributed by atoms with E-state index in [9.17, 15) is 9.18 Å². The molecule has 0 spiro atoms. The molecular weight excluding hydrogens is 301 g/mol. The molecule has 96 valence electrons. The van der Waals surface area contributed by atoms with Crippen molar-refractivity contribution >= 4 is 21.8 Å². The number of rotatable bonds is 2. The molecule has 1 aromatic carbocycles. The Morgan fingerprint density at radius 2 is 2.28 bits per heavy atom. The first-order valence-corrected chi connectivity index (χ1v) is 6.84. The van der Waals surface area contributed by atoms with Crippen LogP contribution in [0, 0.1) is 5.82 Å². The Morgan fingerprint density at radius 1 is 1.44 bits per heavy atom. The first-order chi connectivity index (χ1) is 8.63. The standard InChI is InChI=1S/C13H13BrFNO2/c14-9-3-1-7(5-10(9)15)13(17)16-11-6-8-2-4-12(11)18-8/h1,3,5,8,11-12H,2,4,6H2,(H,16,17). The summed E-state index contributed by atoms with van der Waals surface area (Å²) in [6.07, 6.45) is 3.39. The van der Waals surface area contributed by atoms with Crippen LogP contribution in [0.5, 0.6) is 0 Å². The smallest absolute Gasteiger partial charge is 0.251 e. The number of halogens is 2. The molecule has 3 unspecified atom stereocenters. The maximum absolute atomic E-state index is 13.4. The van der Waals surface area contributed by atoms with Crippen LogP contribution in [-0.2, 0) is 4.74 Å². The van der Waals surface area contributed by atoms with Crippen molar-refractivity contribution in [3.05, 3.63) is 34.1 Å². The lowest BCUT2D eigenvalue weighted by Gasteiger charge is -2.20. The van der Waals surface area contributed by atoms with Crippen molar-refractivity contribution in [2.45, 2.75) is 37.5 Å². The zero-order valence-corrected chi connectivity index (χ0v) is 11.2. The van der Waals surface area contributed by atoms with Gasteiger partial charge in [-0.15, -0.1) is 0 Å². The van der Waals surface area contributed by atoms with Crippen LogP contribution in [0.15, 0.2) is 22.7 Å². The maximum atomic E-state index is 13.4. The van der Waals surface area contributed by atoms with Crippen molar-refractivity contribution in [3.8, 4) is 0 Å². The molecule has 0 aliphatic carbocycles. The molecule has 2 saturated heterocycles. The van der Waals surface area contributed by atoms with Crippen molar-refractivity contribution < 1.29 is 13.9 Å². The van der Waals surface area contributed by atoms with E-state index in [2.05, 4.69) is 21.2 Å². The van der Waals surface area contributed by atoms with Gasteiger partial charge in [-0.2, -0.15) is 0 Å². The number of hydrogen-bond acceptors (Lipinski definition) is 2. The maximum Gasteiger partial charge on any atom is 0.251 e. The molecule has 0 aromatic heterocycles. The summed E-state index contributed by atoms with van der Waals surface area (Å²) < 4.78 is 19.4. The Bertz CT molecular complexity index is 494. The second kappa shape index (κ2) is 4.63. The number of hydrogen-bond donors (Lipinski definition) is 1. The fraction of sp³-hybridized carbons (Fsp3) is 0.462. The number of carbonyl (C=O) groups excluding carboxylic acids is 1. The summed E-state index contributed by atoms with van der Waals surface area (Å²) in [5.41, 5.74) is 0.346. The third-order valence-electron chi connectivity index (χ3n) is 3.60. The first-order valence-electron chi connectivity index (χ1n) is 6.05. The monoisotopic (exact) mass is 313 g/mol. The summed E-state index contributed by atoms with van der Waals surface area (Å²) in [4.78, 5) is 12.0. The number of carbonyl (C=O) groups is 1. The van der Waals surface area contributed by atoms with Gasteiger partial charge in [-0.1, -0.05) is 0 Å². The predicted octanol–water partition coefficient (Wildman–Crippen LogP) is 2.64. The highest BCUT2D eigenvalue weighted by molar-refractivity contribution is 9.10. The number of ether oxygens (including phenoxy) is 1. The number of amides is 1. The van der Waals surface area contributed by atoms with Gasteiger partial charge < -0.3 is 10.1 Å². The second-order valence-electron chi connectivity index (χ2n) is 4.82. The largest absolute Gasteiger partial charge is 0.373 e. The average molecular weight is 314 g/mol. The zero-order chi connectivity index (χ0) is 12.7. The Labute approximate surface area is 113 Å². The summed E-state index contributed by atoms with van der Waals surface area (Å²) in [6, 6.07) is 4.47. The molecule has 18 heavy (non-hydrogen) atoms. The van der Waals surface area contributed by atoms with Gasteiger partial charge in [0.2, 0.25) is 0 Å². The minimum Gasteiger partial charge on any atom is -0.373 e. The summed E-state index contributed by atoms with van der Waals surface area (Å²) in [6.45, 7) is 0. The molecular formula is C13H13BrFNO2. The Morgan fingerprint density at radius 3 is 2.89 bits per heavy atom. The van der Waals surface area contributed by atoms with Crippen LogP contribution >= 0.6 is 15.9 Å². The van der Waals surface area contributed by atoms with E-state index in [1.54, 1.807) is 12.1 Å². The summed E-state index contributed by atoms with van der Waals surface area (Å²) in [5.74, 6) is -0.658. The van der Waals surface area contributed by atoms with Crippen molar-refractivity contribution in [3.63, 3.8) is 0 Å². The lowest BCUT2D eigenvalue weighted by atomic mass is 9.95. The van der Waals surface area contributed by atoms with Gasteiger partial charge in [0.1, 0.15) is 5.82 Å². The average Bonchev–Trinajstić information content (AvgIpc) is 2.94. The molecule has 3 atom stereocenters. The normalized spacial score (nSPS) is 29.6. The lowest BCUT2D eigenvalue weighted by molar-refractivity contribution is 0.0840. The van der Waals surface area contributed by atoms with Crippen LogP contribution in [0.1, 0.15) is 29.6 Å². The van der Waals surface area contributed by atoms with Crippen molar-refractivity contribution in [1.82, 2.24) is 5.32 Å². The molecule has 1 aromatic rings. The number of fused-ring (bicyclic) bond motifs is 2. The Hall–Kier alpha value is -0.940. The summed E-state index contributed by atoms with van der Waals surface area (Å²) >= 11 is 3.07. The molecule has 3 rings (SSSR count). The van der Waals surface area contributed by atoms with E-state index < -0.39 is 5.82 Å². The summed E-state index contributed by atoms with van der Waals surface area (Å²) in [7, 11) is 0. The van der Waals surface area contributed by atoms with Crippen LogP contribution in [-0.4, -0.2) is 24.2 Å². The highest BCUT2D eigenvalue weighted by Crippen LogP contribution is 2.34. The highest BCUT2D eigenvalue weighted by atomic mass is 79.9. The molecule has 2 aliphatic heterocycles. The third kappa shape index (κ3) is 2.17. The minimum atomic E-state index is -0.424. The molecule has 3 nitrogen and oxygen atoms in total. The van der Waals surface area contributed by atoms with Crippen molar-refractivity contribution in [2.75, 3.05) is 0 Å². The lowest BCUT2D eigenvalue weighted by Crippen LogP contribution is -2.41. The van der Waals surface area contributed by atoms with Gasteiger partial charge in [0, 0.05) is 5.56 Å². The van der Waals surface area contributed by atoms with Crippen LogP contribution in [0.25, 0.3) is 0 Å². The van der Waals surface area contributed by atoms with Crippen molar-refractivity contribution in [1.29, 1.82) is 0 Å². The SMILES string of the molecule is O=C(NC1CC2CCC1O2)c1ccc(Br)c(F)c1. The van der Waals surface area contributed by atoms with Crippen LogP contribution in [0.3, 0.4) is 0 Å². The Balaban J connectivity index is 1.69. The van der Waals surface area contributed by atoms with E-state index in [1.165, 1.54) is 6.07 Å². The van der Waals surface area contributed by atoms with Gasteiger partial charge in [0.25, 0.3) is 5.91 Å². The van der Waals surface area contributed by atoms with E-state index >= 15 is 0 Å². The first kappa shape index (κ1) is 12.1. The second-order valence-corrected chi connectivity index (χ2v) is 5.67. The van der Waals surface area contributed by atoms with Crippen molar-refractivity contribution in [2.24, 2.45) is 0 Å². The van der Waals surface area contributed by atoms with Gasteiger partial charge in [-0.3, -0.25) is 4.79 Å². The fourth-order valence-electron chi connectivity index (χ4n) is 2.68. The Kier molecular flexibility index (Phi) is 3.11. The minimum absolute atomic E-state index is 0.0722. The molecule has 1 N–H and O–H groups in total. The van der Waals surface area contributed by atoms with Gasteiger partial charge >= 0.3 is 0 Å². The molecule has 0 saturated carbocycles.